The van der Waals surface area contributed by atoms with Crippen LogP contribution in [0.5, 0.6) is 5.75 Å². The summed E-state index contributed by atoms with van der Waals surface area (Å²) in [5.41, 5.74) is 1.20. The first-order chi connectivity index (χ1) is 18.3. The van der Waals surface area contributed by atoms with Crippen LogP contribution in [0.15, 0.2) is 42.6 Å². The van der Waals surface area contributed by atoms with Crippen molar-refractivity contribution < 1.29 is 22.7 Å². The number of pyridine rings is 1. The molecular formula is C28H24ClF3N4O2. The van der Waals surface area contributed by atoms with E-state index in [1.807, 2.05) is 10.9 Å². The van der Waals surface area contributed by atoms with Gasteiger partial charge in [-0.2, -0.15) is 5.10 Å². The van der Waals surface area contributed by atoms with Gasteiger partial charge in [-0.05, 0) is 61.9 Å². The Morgan fingerprint density at radius 3 is 2.61 bits per heavy atom. The molecule has 2 aliphatic rings. The summed E-state index contributed by atoms with van der Waals surface area (Å²) in [7, 11) is 1.55. The first-order valence-electron chi connectivity index (χ1n) is 12.5. The van der Waals surface area contributed by atoms with E-state index in [1.54, 1.807) is 25.3 Å². The number of nitrogens with one attached hydrogen (secondary N) is 1. The molecule has 2 saturated carbocycles. The van der Waals surface area contributed by atoms with Crippen LogP contribution < -0.4 is 10.1 Å². The van der Waals surface area contributed by atoms with Gasteiger partial charge in [0.1, 0.15) is 34.4 Å². The third kappa shape index (κ3) is 4.71. The lowest BCUT2D eigenvalue weighted by atomic mass is 9.97. The number of hydrogen-bond donors (Lipinski definition) is 1. The minimum Gasteiger partial charge on any atom is -0.494 e. The van der Waals surface area contributed by atoms with Crippen molar-refractivity contribution in [2.45, 2.75) is 37.6 Å². The predicted molar refractivity (Wildman–Crippen MR) is 137 cm³/mol. The van der Waals surface area contributed by atoms with Crippen molar-refractivity contribution in [1.29, 1.82) is 0 Å². The van der Waals surface area contributed by atoms with E-state index in [0.717, 1.165) is 37.1 Å². The number of benzene rings is 2. The average molecular weight is 541 g/mol. The monoisotopic (exact) mass is 540 g/mol. The van der Waals surface area contributed by atoms with E-state index < -0.39 is 17.5 Å². The van der Waals surface area contributed by atoms with Crippen LogP contribution in [0, 0.1) is 23.4 Å². The first-order valence-corrected chi connectivity index (χ1v) is 12.9. The lowest BCUT2D eigenvalue weighted by molar-refractivity contribution is 0.0950. The van der Waals surface area contributed by atoms with Crippen LogP contribution in [0.3, 0.4) is 0 Å². The molecule has 2 fully saturated rings. The minimum absolute atomic E-state index is 0.208. The van der Waals surface area contributed by atoms with Gasteiger partial charge < -0.3 is 10.1 Å². The summed E-state index contributed by atoms with van der Waals surface area (Å²) in [6.07, 6.45) is 5.99. The van der Waals surface area contributed by atoms with E-state index in [-0.39, 0.29) is 40.6 Å². The summed E-state index contributed by atoms with van der Waals surface area (Å²) in [6, 6.07) is 8.26. The summed E-state index contributed by atoms with van der Waals surface area (Å²) in [5.74, 6) is -2.36. The Morgan fingerprint density at radius 1 is 1.11 bits per heavy atom. The van der Waals surface area contributed by atoms with Gasteiger partial charge in [0.05, 0.1) is 18.2 Å². The Kier molecular flexibility index (Phi) is 6.26. The zero-order valence-corrected chi connectivity index (χ0v) is 21.2. The predicted octanol–water partition coefficient (Wildman–Crippen LogP) is 6.44. The van der Waals surface area contributed by atoms with Crippen LogP contribution in [-0.2, 0) is 0 Å². The molecule has 0 saturated heterocycles. The first kappa shape index (κ1) is 24.7. The van der Waals surface area contributed by atoms with Crippen LogP contribution in [0.25, 0.3) is 22.2 Å². The summed E-state index contributed by atoms with van der Waals surface area (Å²) < 4.78 is 50.2. The lowest BCUT2D eigenvalue weighted by Gasteiger charge is -2.18. The zero-order valence-electron chi connectivity index (χ0n) is 20.5. The normalized spacial score (nSPS) is 16.0. The number of aromatic nitrogens is 3. The minimum atomic E-state index is -0.957. The van der Waals surface area contributed by atoms with Crippen molar-refractivity contribution >= 4 is 28.4 Å². The number of hydrogen-bond acceptors (Lipinski definition) is 4. The molecular weight excluding hydrogens is 517 g/mol. The molecule has 1 atom stereocenters. The van der Waals surface area contributed by atoms with Gasteiger partial charge in [0.15, 0.2) is 0 Å². The number of ether oxygens (including phenoxy) is 1. The molecule has 0 spiro atoms. The Bertz CT molecular complexity index is 1570. The van der Waals surface area contributed by atoms with E-state index >= 15 is 0 Å². The number of nitrogens with zero attached hydrogens (tertiary/aromatic N) is 3. The molecule has 2 aliphatic carbocycles. The van der Waals surface area contributed by atoms with Crippen LogP contribution in [-0.4, -0.2) is 34.3 Å². The number of methoxy groups -OCH3 is 1. The highest BCUT2D eigenvalue weighted by Crippen LogP contribution is 2.43. The molecule has 2 heterocycles. The van der Waals surface area contributed by atoms with Crippen LogP contribution in [0.1, 0.15) is 53.7 Å². The highest BCUT2D eigenvalue weighted by molar-refractivity contribution is 6.31. The van der Waals surface area contributed by atoms with E-state index in [2.05, 4.69) is 15.4 Å². The Hall–Kier alpha value is -3.59. The smallest absolute Gasteiger partial charge is 0.251 e. The molecule has 4 aromatic rings. The number of amides is 1. The molecule has 6 rings (SSSR count). The van der Waals surface area contributed by atoms with Crippen LogP contribution >= 0.6 is 11.6 Å². The maximum atomic E-state index is 14.7. The van der Waals surface area contributed by atoms with Gasteiger partial charge in [-0.3, -0.25) is 9.48 Å². The highest BCUT2D eigenvalue weighted by Gasteiger charge is 2.34. The highest BCUT2D eigenvalue weighted by atomic mass is 35.5. The van der Waals surface area contributed by atoms with Crippen molar-refractivity contribution in [2.24, 2.45) is 5.92 Å². The van der Waals surface area contributed by atoms with Crippen LogP contribution in [0.4, 0.5) is 13.2 Å². The molecule has 2 aromatic carbocycles. The van der Waals surface area contributed by atoms with Crippen molar-refractivity contribution in [3.05, 3.63) is 76.3 Å². The standard InChI is InChI=1S/C28H24ClF3N4O2/c1-38-25-9-15(8-16-13-36(17-4-5-17)35-26(16)25)28(37)33-12-19(14-2-3-14)24-7-6-21(30)27(34-24)18-10-20(29)23(32)11-22(18)31/h6-11,13-14,17,19H,2-5,12H2,1H3,(H,33,37). The molecule has 1 unspecified atom stereocenters. The Labute approximate surface area is 221 Å². The third-order valence-electron chi connectivity index (χ3n) is 7.18. The van der Waals surface area contributed by atoms with Gasteiger partial charge in [-0.15, -0.1) is 0 Å². The van der Waals surface area contributed by atoms with Gasteiger partial charge in [-0.25, -0.2) is 18.2 Å². The molecule has 38 heavy (non-hydrogen) atoms. The quantitative estimate of drug-likeness (QED) is 0.261. The molecule has 196 valence electrons. The second kappa shape index (κ2) is 9.62. The van der Waals surface area contributed by atoms with E-state index in [1.165, 1.54) is 6.07 Å². The van der Waals surface area contributed by atoms with Crippen LogP contribution in [0.2, 0.25) is 5.02 Å². The second-order valence-corrected chi connectivity index (χ2v) is 10.3. The molecule has 0 bridgehead atoms. The van der Waals surface area contributed by atoms with Gasteiger partial charge in [-0.1, -0.05) is 11.6 Å². The molecule has 10 heteroatoms. The Morgan fingerprint density at radius 2 is 1.89 bits per heavy atom. The topological polar surface area (TPSA) is 69.0 Å². The van der Waals surface area contributed by atoms with Crippen molar-refractivity contribution in [2.75, 3.05) is 13.7 Å². The number of halogens is 4. The number of carbonyl (C=O) groups is 1. The van der Waals surface area contributed by atoms with Crippen molar-refractivity contribution in [1.82, 2.24) is 20.1 Å². The number of rotatable bonds is 8. The number of carbonyl (C=O) groups excluding carboxylic acids is 1. The molecule has 0 aliphatic heterocycles. The fourth-order valence-electron chi connectivity index (χ4n) is 4.81. The lowest BCUT2D eigenvalue weighted by Crippen LogP contribution is -2.29. The van der Waals surface area contributed by atoms with Gasteiger partial charge in [0.2, 0.25) is 0 Å². The molecule has 2 aromatic heterocycles. The van der Waals surface area contributed by atoms with E-state index in [9.17, 15) is 18.0 Å². The van der Waals surface area contributed by atoms with Crippen molar-refractivity contribution in [3.63, 3.8) is 0 Å². The fraction of sp³-hybridized carbons (Fsp3) is 0.321. The SMILES string of the molecule is COc1cc(C(=O)NCC(c2ccc(F)c(-c3cc(Cl)c(F)cc3F)n2)C2CC2)cc2cn(C3CC3)nc12. The average Bonchev–Trinajstić information content (AvgIpc) is 3.84. The van der Waals surface area contributed by atoms with E-state index in [0.29, 0.717) is 34.6 Å². The summed E-state index contributed by atoms with van der Waals surface area (Å²) >= 11 is 5.82. The van der Waals surface area contributed by atoms with Gasteiger partial charge in [0, 0.05) is 46.9 Å². The summed E-state index contributed by atoms with van der Waals surface area (Å²) in [5, 5.41) is 8.09. The summed E-state index contributed by atoms with van der Waals surface area (Å²) in [6.45, 7) is 0.260. The van der Waals surface area contributed by atoms with Gasteiger partial charge >= 0.3 is 0 Å². The summed E-state index contributed by atoms with van der Waals surface area (Å²) in [4.78, 5) is 17.6. The van der Waals surface area contributed by atoms with Crippen molar-refractivity contribution in [3.8, 4) is 17.0 Å². The molecule has 6 nitrogen and oxygen atoms in total. The maximum Gasteiger partial charge on any atom is 0.251 e. The second-order valence-electron chi connectivity index (χ2n) is 9.92. The molecule has 0 radical (unpaired) electrons. The third-order valence-corrected chi connectivity index (χ3v) is 7.47. The largest absolute Gasteiger partial charge is 0.494 e. The fourth-order valence-corrected chi connectivity index (χ4v) is 4.97. The molecule has 1 amide bonds. The maximum absolute atomic E-state index is 14.7. The zero-order chi connectivity index (χ0) is 26.6. The van der Waals surface area contributed by atoms with Gasteiger partial charge in [0.25, 0.3) is 5.91 Å². The molecule has 1 N–H and O–H groups in total. The number of fused-ring (bicyclic) bond motifs is 1. The Balaban J connectivity index is 1.25. The van der Waals surface area contributed by atoms with E-state index in [4.69, 9.17) is 16.3 Å².